The van der Waals surface area contributed by atoms with Crippen molar-refractivity contribution >= 4 is 56.7 Å². The summed E-state index contributed by atoms with van der Waals surface area (Å²) in [6, 6.07) is 8.98. The van der Waals surface area contributed by atoms with Crippen LogP contribution in [-0.2, 0) is 32.7 Å². The molecule has 2 aromatic heterocycles. The Balaban J connectivity index is 0.901. The quantitative estimate of drug-likeness (QED) is 0.171. The number of amides is 4. The van der Waals surface area contributed by atoms with Gasteiger partial charge in [-0.1, -0.05) is 13.8 Å². The Morgan fingerprint density at radius 3 is 2.27 bits per heavy atom. The fraction of sp³-hybridized carbons (Fsp3) is 0.442. The van der Waals surface area contributed by atoms with E-state index in [-0.39, 0.29) is 40.9 Å². The summed E-state index contributed by atoms with van der Waals surface area (Å²) in [7, 11) is 5.09. The van der Waals surface area contributed by atoms with Gasteiger partial charge in [0.2, 0.25) is 5.91 Å². The molecule has 310 valence electrons. The number of piperidine rings is 2. The van der Waals surface area contributed by atoms with Crippen LogP contribution in [0.1, 0.15) is 65.8 Å². The maximum Gasteiger partial charge on any atom is 0.324 e. The molecule has 0 radical (unpaired) electrons. The summed E-state index contributed by atoms with van der Waals surface area (Å²) in [6.45, 7) is 6.88. The van der Waals surface area contributed by atoms with Crippen molar-refractivity contribution in [3.63, 3.8) is 0 Å². The zero-order chi connectivity index (χ0) is 41.9. The second-order valence-electron chi connectivity index (χ2n) is 16.4. The molecule has 3 fully saturated rings. The number of aromatic nitrogens is 1. The van der Waals surface area contributed by atoms with Crippen molar-refractivity contribution in [2.75, 3.05) is 52.0 Å². The Morgan fingerprint density at radius 2 is 1.61 bits per heavy atom. The van der Waals surface area contributed by atoms with Gasteiger partial charge in [0.1, 0.15) is 23.6 Å². The van der Waals surface area contributed by atoms with E-state index in [9.17, 15) is 28.8 Å². The summed E-state index contributed by atoms with van der Waals surface area (Å²) in [5.74, 6) is -2.02. The minimum Gasteiger partial charge on any atom is -0.496 e. The molecule has 8 rings (SSSR count). The van der Waals surface area contributed by atoms with E-state index in [1.165, 1.54) is 11.3 Å². The zero-order valence-corrected chi connectivity index (χ0v) is 34.6. The molecule has 4 aromatic rings. The van der Waals surface area contributed by atoms with E-state index in [2.05, 4.69) is 9.80 Å². The molecule has 2 N–H and O–H groups in total. The number of likely N-dealkylation sites (tertiary alicyclic amines) is 2. The Bertz CT molecular complexity index is 2420. The first kappa shape index (κ1) is 40.2. The van der Waals surface area contributed by atoms with Gasteiger partial charge >= 0.3 is 5.97 Å². The molecule has 6 heterocycles. The highest BCUT2D eigenvalue weighted by Gasteiger charge is 2.49. The van der Waals surface area contributed by atoms with Crippen molar-refractivity contribution in [2.45, 2.75) is 58.2 Å². The number of carbonyl (C=O) groups excluding carboxylic acids is 5. The maximum atomic E-state index is 13.8. The predicted molar refractivity (Wildman–Crippen MR) is 220 cm³/mol. The molecule has 16 heteroatoms. The number of anilines is 1. The molecule has 0 aliphatic carbocycles. The number of hydrogen-bond donors (Lipinski definition) is 1. The van der Waals surface area contributed by atoms with Crippen molar-refractivity contribution in [3.05, 3.63) is 75.0 Å². The molecule has 4 amide bonds. The number of nitrogens with two attached hydrogens (primary N) is 1. The minimum absolute atomic E-state index is 0.0158. The van der Waals surface area contributed by atoms with E-state index in [4.69, 9.17) is 19.9 Å². The van der Waals surface area contributed by atoms with Crippen LogP contribution in [0, 0.1) is 11.3 Å². The van der Waals surface area contributed by atoms with E-state index in [0.29, 0.717) is 11.9 Å². The summed E-state index contributed by atoms with van der Waals surface area (Å²) < 4.78 is 19.6. The van der Waals surface area contributed by atoms with Gasteiger partial charge in [-0.25, -0.2) is 4.90 Å². The molecule has 0 saturated carbocycles. The van der Waals surface area contributed by atoms with Crippen molar-refractivity contribution in [1.29, 1.82) is 0 Å². The first-order valence-corrected chi connectivity index (χ1v) is 20.7. The van der Waals surface area contributed by atoms with Crippen LogP contribution in [0.2, 0.25) is 0 Å². The summed E-state index contributed by atoms with van der Waals surface area (Å²) in [4.78, 5) is 84.9. The molecule has 2 aromatic carbocycles. The Morgan fingerprint density at radius 1 is 0.932 bits per heavy atom. The molecular formula is C43H48N6O9S. The van der Waals surface area contributed by atoms with Gasteiger partial charge in [-0.05, 0) is 85.6 Å². The van der Waals surface area contributed by atoms with Gasteiger partial charge in [0.05, 0.1) is 36.3 Å². The van der Waals surface area contributed by atoms with Crippen molar-refractivity contribution in [1.82, 2.24) is 19.3 Å². The fourth-order valence-corrected chi connectivity index (χ4v) is 9.70. The molecule has 1 unspecified atom stereocenters. The number of methoxy groups -OCH3 is 2. The lowest BCUT2D eigenvalue weighted by molar-refractivity contribution is -0.164. The number of aryl methyl sites for hydroxylation is 1. The average molecular weight is 825 g/mol. The van der Waals surface area contributed by atoms with Gasteiger partial charge in [0.25, 0.3) is 23.3 Å². The molecule has 1 spiro atoms. The normalized spacial score (nSPS) is 19.8. The first-order chi connectivity index (χ1) is 28.2. The first-order valence-electron chi connectivity index (χ1n) is 19.8. The number of rotatable bonds is 11. The van der Waals surface area contributed by atoms with Gasteiger partial charge in [-0.3, -0.25) is 38.6 Å². The van der Waals surface area contributed by atoms with E-state index in [1.54, 1.807) is 51.8 Å². The SMILES string of the molecule is COc1cc(-c2cn(C)c(=O)c3ccsc23)cc(OC)c1CN1CCC2(CC1)CN(c1ccc3c(c1)C(=O)N(C1CCC(=O)N(COC(=O)[C@@H](N)C(C)C)C1=O)C3=O)C2. The summed E-state index contributed by atoms with van der Waals surface area (Å²) >= 11 is 1.54. The molecule has 4 aliphatic rings. The number of imide groups is 2. The summed E-state index contributed by atoms with van der Waals surface area (Å²) in [5.41, 5.74) is 10.0. The summed E-state index contributed by atoms with van der Waals surface area (Å²) in [6.07, 6.45) is 3.71. The van der Waals surface area contributed by atoms with Crippen LogP contribution in [0.25, 0.3) is 21.2 Å². The number of pyridine rings is 1. The van der Waals surface area contributed by atoms with E-state index >= 15 is 0 Å². The van der Waals surface area contributed by atoms with E-state index in [1.807, 2.05) is 35.8 Å². The number of fused-ring (bicyclic) bond motifs is 2. The van der Waals surface area contributed by atoms with Crippen LogP contribution >= 0.6 is 11.3 Å². The van der Waals surface area contributed by atoms with Crippen LogP contribution < -0.4 is 25.7 Å². The standard InChI is InChI=1S/C43H48N6O9S/c1-24(2)36(44)42(55)58-23-48-35(50)9-8-32(41(48)54)49-39(52)27-7-6-26(18-29(27)40(49)53)47-21-43(22-47)11-13-46(14-12-43)20-31-33(56-4)16-25(17-34(31)57-5)30-19-45(3)38(51)28-10-15-59-37(28)30/h6-7,10,15-19,24,32,36H,8-9,11-14,20-23,44H2,1-5H3/t32?,36-/m0/s1. The second kappa shape index (κ2) is 15.5. The third-order valence-electron chi connectivity index (χ3n) is 12.4. The van der Waals surface area contributed by atoms with E-state index < -0.39 is 48.4 Å². The van der Waals surface area contributed by atoms with Gasteiger partial charge in [-0.15, -0.1) is 11.3 Å². The lowest BCUT2D eigenvalue weighted by atomic mass is 9.71. The zero-order valence-electron chi connectivity index (χ0n) is 33.8. The molecule has 4 aliphatic heterocycles. The van der Waals surface area contributed by atoms with Crippen molar-refractivity contribution in [2.24, 2.45) is 24.1 Å². The van der Waals surface area contributed by atoms with Gasteiger partial charge in [0.15, 0.2) is 6.73 Å². The average Bonchev–Trinajstić information content (AvgIpc) is 3.81. The Hall–Kier alpha value is -5.58. The molecule has 59 heavy (non-hydrogen) atoms. The third kappa shape index (κ3) is 7.06. The smallest absolute Gasteiger partial charge is 0.324 e. The van der Waals surface area contributed by atoms with Crippen LogP contribution in [0.15, 0.2) is 52.8 Å². The van der Waals surface area contributed by atoms with E-state index in [0.717, 1.165) is 87.4 Å². The molecule has 15 nitrogen and oxygen atoms in total. The fourth-order valence-electron chi connectivity index (χ4n) is 8.78. The van der Waals surface area contributed by atoms with Crippen molar-refractivity contribution in [3.8, 4) is 22.6 Å². The number of esters is 1. The largest absolute Gasteiger partial charge is 0.496 e. The number of hydrogen-bond acceptors (Lipinski definition) is 13. The number of carbonyl (C=O) groups is 5. The van der Waals surface area contributed by atoms with Crippen LogP contribution in [0.5, 0.6) is 11.5 Å². The lowest BCUT2D eigenvalue weighted by Gasteiger charge is -2.55. The topological polar surface area (TPSA) is 174 Å². The summed E-state index contributed by atoms with van der Waals surface area (Å²) in [5, 5.41) is 2.62. The van der Waals surface area contributed by atoms with Crippen LogP contribution in [0.4, 0.5) is 5.69 Å². The molecule has 0 bridgehead atoms. The number of benzene rings is 2. The van der Waals surface area contributed by atoms with Gasteiger partial charge in [-0.2, -0.15) is 0 Å². The highest BCUT2D eigenvalue weighted by atomic mass is 32.1. The second-order valence-corrected chi connectivity index (χ2v) is 17.3. The predicted octanol–water partition coefficient (Wildman–Crippen LogP) is 3.98. The highest BCUT2D eigenvalue weighted by molar-refractivity contribution is 7.17. The minimum atomic E-state index is -1.20. The van der Waals surface area contributed by atoms with Gasteiger partial charge < -0.3 is 29.4 Å². The molecule has 2 atom stereocenters. The maximum absolute atomic E-state index is 13.8. The van der Waals surface area contributed by atoms with Gasteiger partial charge in [0, 0.05) is 60.7 Å². The van der Waals surface area contributed by atoms with Crippen molar-refractivity contribution < 1.29 is 38.2 Å². The Labute approximate surface area is 345 Å². The highest BCUT2D eigenvalue weighted by Crippen LogP contribution is 2.45. The van der Waals surface area contributed by atoms with Crippen LogP contribution in [-0.4, -0.2) is 108 Å². The molecule has 3 saturated heterocycles. The lowest BCUT2D eigenvalue weighted by Crippen LogP contribution is -2.60. The number of ether oxygens (including phenoxy) is 3. The molecular weight excluding hydrogens is 777 g/mol. The third-order valence-corrected chi connectivity index (χ3v) is 13.4. The van der Waals surface area contributed by atoms with Crippen LogP contribution in [0.3, 0.4) is 0 Å². The number of nitrogens with zero attached hydrogens (tertiary/aromatic N) is 5. The number of thiophene rings is 1. The Kier molecular flexibility index (Phi) is 10.6. The monoisotopic (exact) mass is 824 g/mol.